The van der Waals surface area contributed by atoms with Crippen molar-refractivity contribution in [3.05, 3.63) is 72.3 Å². The van der Waals surface area contributed by atoms with Gasteiger partial charge < -0.3 is 14.2 Å². The molecule has 3 aromatic rings. The Morgan fingerprint density at radius 3 is 2.46 bits per heavy atom. The van der Waals surface area contributed by atoms with Crippen molar-refractivity contribution < 1.29 is 4.74 Å². The van der Waals surface area contributed by atoms with Crippen LogP contribution in [0.4, 0.5) is 5.69 Å². The van der Waals surface area contributed by atoms with Crippen LogP contribution in [0.2, 0.25) is 0 Å². The van der Waals surface area contributed by atoms with Gasteiger partial charge in [-0.1, -0.05) is 24.3 Å². The first-order valence-corrected chi connectivity index (χ1v) is 9.66. The molecule has 0 saturated carbocycles. The first-order valence-electron chi connectivity index (χ1n) is 9.66. The maximum absolute atomic E-state index is 6.17. The highest BCUT2D eigenvalue weighted by atomic mass is 16.5. The smallest absolute Gasteiger partial charge is 0.153 e. The lowest BCUT2D eigenvalue weighted by molar-refractivity contribution is 0.171. The van der Waals surface area contributed by atoms with Crippen LogP contribution < -0.4 is 4.74 Å². The van der Waals surface area contributed by atoms with Crippen LogP contribution in [0.3, 0.4) is 0 Å². The third kappa shape index (κ3) is 3.16. The van der Waals surface area contributed by atoms with Gasteiger partial charge in [-0.2, -0.15) is 0 Å². The maximum atomic E-state index is 6.17. The van der Waals surface area contributed by atoms with E-state index in [4.69, 9.17) is 9.73 Å². The van der Waals surface area contributed by atoms with Crippen molar-refractivity contribution in [3.63, 3.8) is 0 Å². The van der Waals surface area contributed by atoms with Crippen LogP contribution in [0.5, 0.6) is 11.5 Å². The number of aromatic nitrogens is 2. The van der Waals surface area contributed by atoms with Gasteiger partial charge >= 0.3 is 0 Å². The van der Waals surface area contributed by atoms with E-state index in [9.17, 15) is 0 Å². The Hall–Kier alpha value is -3.12. The molecule has 3 heterocycles. The molecule has 0 unspecified atom stereocenters. The molecule has 6 nitrogen and oxygen atoms in total. The molecule has 0 aliphatic carbocycles. The molecule has 28 heavy (non-hydrogen) atoms. The molecule has 0 amide bonds. The SMILES string of the molecule is Cn1ccnc1CN1CCN(C2=Nc3ccccc3Oc3ccccc32)CC1. The molecule has 2 aromatic carbocycles. The van der Waals surface area contributed by atoms with Crippen LogP contribution in [0.15, 0.2) is 65.9 Å². The Morgan fingerprint density at radius 2 is 1.68 bits per heavy atom. The Balaban J connectivity index is 1.40. The molecule has 0 atom stereocenters. The summed E-state index contributed by atoms with van der Waals surface area (Å²) in [5, 5.41) is 0. The fraction of sp³-hybridized carbons (Fsp3) is 0.273. The molecule has 1 fully saturated rings. The summed E-state index contributed by atoms with van der Waals surface area (Å²) in [4.78, 5) is 14.3. The summed E-state index contributed by atoms with van der Waals surface area (Å²) in [7, 11) is 2.05. The zero-order valence-corrected chi connectivity index (χ0v) is 16.0. The van der Waals surface area contributed by atoms with E-state index in [2.05, 4.69) is 25.4 Å². The average Bonchev–Trinajstić information content (AvgIpc) is 3.04. The van der Waals surface area contributed by atoms with E-state index in [0.717, 1.165) is 67.1 Å². The Morgan fingerprint density at radius 1 is 0.929 bits per heavy atom. The minimum absolute atomic E-state index is 0.804. The number of nitrogens with zero attached hydrogens (tertiary/aromatic N) is 5. The monoisotopic (exact) mass is 373 g/mol. The highest BCUT2D eigenvalue weighted by Crippen LogP contribution is 2.37. The lowest BCUT2D eigenvalue weighted by Gasteiger charge is -2.36. The third-order valence-corrected chi connectivity index (χ3v) is 5.40. The van der Waals surface area contributed by atoms with E-state index in [0.29, 0.717) is 0 Å². The summed E-state index contributed by atoms with van der Waals surface area (Å²) in [6.45, 7) is 4.71. The largest absolute Gasteiger partial charge is 0.454 e. The molecule has 2 aliphatic heterocycles. The lowest BCUT2D eigenvalue weighted by Crippen LogP contribution is -2.48. The molecule has 6 heteroatoms. The van der Waals surface area contributed by atoms with Crippen molar-refractivity contribution in [1.29, 1.82) is 0 Å². The van der Waals surface area contributed by atoms with Crippen LogP contribution >= 0.6 is 0 Å². The van der Waals surface area contributed by atoms with Gasteiger partial charge in [0, 0.05) is 45.6 Å². The number of hydrogen-bond donors (Lipinski definition) is 0. The van der Waals surface area contributed by atoms with Crippen molar-refractivity contribution in [2.24, 2.45) is 12.0 Å². The Bertz CT molecular complexity index is 1020. The number of ether oxygens (including phenoxy) is 1. The number of para-hydroxylation sites is 3. The molecule has 0 bridgehead atoms. The van der Waals surface area contributed by atoms with Crippen LogP contribution in [0.1, 0.15) is 11.4 Å². The molecule has 2 aliphatic rings. The van der Waals surface area contributed by atoms with Crippen molar-refractivity contribution in [3.8, 4) is 11.5 Å². The predicted octanol–water partition coefficient (Wildman–Crippen LogP) is 3.42. The molecule has 0 N–H and O–H groups in total. The van der Waals surface area contributed by atoms with Crippen molar-refractivity contribution in [2.45, 2.75) is 6.54 Å². The zero-order chi connectivity index (χ0) is 18.9. The second kappa shape index (κ2) is 7.13. The quantitative estimate of drug-likeness (QED) is 0.691. The fourth-order valence-electron chi connectivity index (χ4n) is 3.78. The predicted molar refractivity (Wildman–Crippen MR) is 109 cm³/mol. The Labute approximate surface area is 164 Å². The fourth-order valence-corrected chi connectivity index (χ4v) is 3.78. The van der Waals surface area contributed by atoms with Crippen molar-refractivity contribution in [1.82, 2.24) is 19.4 Å². The van der Waals surface area contributed by atoms with E-state index < -0.39 is 0 Å². The van der Waals surface area contributed by atoms with Gasteiger partial charge in [0.2, 0.25) is 0 Å². The number of aryl methyl sites for hydroxylation is 1. The number of aliphatic imine (C=N–C) groups is 1. The lowest BCUT2D eigenvalue weighted by atomic mass is 10.1. The van der Waals surface area contributed by atoms with E-state index in [1.807, 2.05) is 61.9 Å². The number of amidine groups is 1. The van der Waals surface area contributed by atoms with Gasteiger partial charge in [-0.05, 0) is 24.3 Å². The normalized spacial score (nSPS) is 16.6. The minimum atomic E-state index is 0.804. The summed E-state index contributed by atoms with van der Waals surface area (Å²) in [6.07, 6.45) is 3.86. The second-order valence-corrected chi connectivity index (χ2v) is 7.22. The maximum Gasteiger partial charge on any atom is 0.153 e. The summed E-state index contributed by atoms with van der Waals surface area (Å²) < 4.78 is 8.25. The number of imidazole rings is 1. The molecular weight excluding hydrogens is 350 g/mol. The zero-order valence-electron chi connectivity index (χ0n) is 16.0. The van der Waals surface area contributed by atoms with E-state index in [1.165, 1.54) is 0 Å². The number of rotatable bonds is 2. The van der Waals surface area contributed by atoms with Crippen LogP contribution in [0.25, 0.3) is 0 Å². The molecule has 142 valence electrons. The topological polar surface area (TPSA) is 45.9 Å². The van der Waals surface area contributed by atoms with Gasteiger partial charge in [-0.25, -0.2) is 9.98 Å². The van der Waals surface area contributed by atoms with Gasteiger partial charge in [0.25, 0.3) is 0 Å². The van der Waals surface area contributed by atoms with Crippen LogP contribution in [0, 0.1) is 0 Å². The van der Waals surface area contributed by atoms with E-state index in [-0.39, 0.29) is 0 Å². The summed E-state index contributed by atoms with van der Waals surface area (Å²) in [5.74, 6) is 3.77. The number of benzene rings is 2. The van der Waals surface area contributed by atoms with Crippen molar-refractivity contribution in [2.75, 3.05) is 26.2 Å². The molecule has 1 saturated heterocycles. The van der Waals surface area contributed by atoms with E-state index in [1.54, 1.807) is 0 Å². The Kier molecular flexibility index (Phi) is 4.33. The van der Waals surface area contributed by atoms with Gasteiger partial charge in [0.1, 0.15) is 23.1 Å². The first kappa shape index (κ1) is 17.0. The van der Waals surface area contributed by atoms with Crippen molar-refractivity contribution >= 4 is 11.5 Å². The summed E-state index contributed by atoms with van der Waals surface area (Å²) >= 11 is 0. The number of hydrogen-bond acceptors (Lipinski definition) is 5. The number of piperazine rings is 1. The van der Waals surface area contributed by atoms with Gasteiger partial charge in [0.05, 0.1) is 12.1 Å². The minimum Gasteiger partial charge on any atom is -0.454 e. The number of fused-ring (bicyclic) bond motifs is 2. The van der Waals surface area contributed by atoms with Crippen LogP contribution in [-0.2, 0) is 13.6 Å². The second-order valence-electron chi connectivity index (χ2n) is 7.22. The highest BCUT2D eigenvalue weighted by molar-refractivity contribution is 6.03. The average molecular weight is 373 g/mol. The molecule has 0 spiro atoms. The van der Waals surface area contributed by atoms with Gasteiger partial charge in [-0.3, -0.25) is 4.90 Å². The first-order chi connectivity index (χ1) is 13.8. The van der Waals surface area contributed by atoms with Gasteiger partial charge in [0.15, 0.2) is 5.75 Å². The molecule has 0 radical (unpaired) electrons. The summed E-state index contributed by atoms with van der Waals surface area (Å²) in [6, 6.07) is 16.1. The molecular formula is C22H23N5O. The van der Waals surface area contributed by atoms with E-state index >= 15 is 0 Å². The van der Waals surface area contributed by atoms with Crippen LogP contribution in [-0.4, -0.2) is 51.4 Å². The molecule has 1 aromatic heterocycles. The molecule has 5 rings (SSSR count). The highest BCUT2D eigenvalue weighted by Gasteiger charge is 2.26. The third-order valence-electron chi connectivity index (χ3n) is 5.40. The standard InChI is InChI=1S/C22H23N5O/c1-25-11-10-23-21(25)16-26-12-14-27(15-13-26)22-17-6-2-4-8-19(17)28-20-9-5-3-7-18(20)24-22/h2-11H,12-16H2,1H3. The van der Waals surface area contributed by atoms with Gasteiger partial charge in [-0.15, -0.1) is 0 Å². The summed E-state index contributed by atoms with van der Waals surface area (Å²) in [5.41, 5.74) is 1.93.